The van der Waals surface area contributed by atoms with Crippen LogP contribution in [0.3, 0.4) is 0 Å². The topological polar surface area (TPSA) is 90.3 Å². The molecule has 2 N–H and O–H groups in total. The van der Waals surface area contributed by atoms with E-state index in [4.69, 9.17) is 9.97 Å². The van der Waals surface area contributed by atoms with Crippen molar-refractivity contribution in [2.75, 3.05) is 43.4 Å². The molecule has 1 fully saturated rings. The lowest BCUT2D eigenvalue weighted by Crippen LogP contribution is -2.44. The van der Waals surface area contributed by atoms with Crippen molar-refractivity contribution in [1.29, 1.82) is 0 Å². The highest BCUT2D eigenvalue weighted by Gasteiger charge is 2.15. The number of benzene rings is 2. The molecule has 0 spiro atoms. The molecular formula is C32H31N7O. The van der Waals surface area contributed by atoms with Crippen molar-refractivity contribution in [3.63, 3.8) is 0 Å². The number of anilines is 2. The number of phenolic OH excluding ortho intramolecular Hbond substituents is 1. The fraction of sp³-hybridized carbons (Fsp3) is 0.188. The Morgan fingerprint density at radius 2 is 1.60 bits per heavy atom. The summed E-state index contributed by atoms with van der Waals surface area (Å²) in [5, 5.41) is 13.2. The zero-order chi connectivity index (χ0) is 27.3. The minimum Gasteiger partial charge on any atom is -0.508 e. The number of pyridine rings is 2. The van der Waals surface area contributed by atoms with Gasteiger partial charge in [0.15, 0.2) is 5.82 Å². The first kappa shape index (κ1) is 25.5. The Labute approximate surface area is 234 Å². The molecule has 0 amide bonds. The van der Waals surface area contributed by atoms with E-state index in [2.05, 4.69) is 62.5 Å². The number of aromatic nitrogens is 4. The lowest BCUT2D eigenvalue weighted by atomic mass is 10.0. The van der Waals surface area contributed by atoms with Gasteiger partial charge in [-0.2, -0.15) is 0 Å². The van der Waals surface area contributed by atoms with E-state index in [1.54, 1.807) is 18.3 Å². The standard InChI is InChI=1S/C32H31N7O/c1-38-13-15-39(16-14-38)27-10-8-24(9-11-27)25-18-26(22-33-21-25)30-19-31(35-20-23-5-4-6-28(40)17-23)37-32(36-30)29-7-2-3-12-34-29/h2-12,17-19,21-22,40H,13-16,20H2,1H3,(H,35,36,37). The van der Waals surface area contributed by atoms with Crippen LogP contribution in [0.15, 0.2) is 97.5 Å². The van der Waals surface area contributed by atoms with Crippen LogP contribution < -0.4 is 10.2 Å². The smallest absolute Gasteiger partial charge is 0.180 e. The second kappa shape index (κ2) is 11.5. The molecular weight excluding hydrogens is 498 g/mol. The summed E-state index contributed by atoms with van der Waals surface area (Å²) in [4.78, 5) is 23.4. The van der Waals surface area contributed by atoms with Crippen LogP contribution in [0.2, 0.25) is 0 Å². The number of likely N-dealkylation sites (N-methyl/N-ethyl adjacent to an activating group) is 1. The highest BCUT2D eigenvalue weighted by molar-refractivity contribution is 5.73. The van der Waals surface area contributed by atoms with Crippen molar-refractivity contribution in [3.05, 3.63) is 103 Å². The van der Waals surface area contributed by atoms with Gasteiger partial charge in [-0.1, -0.05) is 30.3 Å². The molecule has 200 valence electrons. The molecule has 40 heavy (non-hydrogen) atoms. The van der Waals surface area contributed by atoms with Crippen molar-refractivity contribution in [2.45, 2.75) is 6.54 Å². The van der Waals surface area contributed by atoms with E-state index >= 15 is 0 Å². The number of aromatic hydroxyl groups is 1. The summed E-state index contributed by atoms with van der Waals surface area (Å²) in [5.74, 6) is 1.42. The van der Waals surface area contributed by atoms with E-state index in [1.807, 2.05) is 48.8 Å². The minimum atomic E-state index is 0.233. The number of nitrogens with one attached hydrogen (secondary N) is 1. The zero-order valence-corrected chi connectivity index (χ0v) is 22.4. The molecule has 4 heterocycles. The zero-order valence-electron chi connectivity index (χ0n) is 22.4. The van der Waals surface area contributed by atoms with Gasteiger partial charge in [-0.15, -0.1) is 0 Å². The SMILES string of the molecule is CN1CCN(c2ccc(-c3cncc(-c4cc(NCc5cccc(O)c5)nc(-c5ccccn5)n4)c3)cc2)CC1. The van der Waals surface area contributed by atoms with Crippen LogP contribution in [0.4, 0.5) is 11.5 Å². The van der Waals surface area contributed by atoms with Gasteiger partial charge >= 0.3 is 0 Å². The first-order valence-corrected chi connectivity index (χ1v) is 13.4. The number of nitrogens with zero attached hydrogens (tertiary/aromatic N) is 6. The molecule has 0 aliphatic carbocycles. The van der Waals surface area contributed by atoms with Gasteiger partial charge in [0.05, 0.1) is 5.69 Å². The molecule has 1 aliphatic heterocycles. The van der Waals surface area contributed by atoms with Crippen LogP contribution in [-0.2, 0) is 6.54 Å². The number of piperazine rings is 1. The third-order valence-electron chi connectivity index (χ3n) is 7.11. The molecule has 0 saturated carbocycles. The molecule has 0 atom stereocenters. The molecule has 0 radical (unpaired) electrons. The maximum Gasteiger partial charge on any atom is 0.180 e. The van der Waals surface area contributed by atoms with E-state index < -0.39 is 0 Å². The summed E-state index contributed by atoms with van der Waals surface area (Å²) in [6, 6.07) is 25.6. The summed E-state index contributed by atoms with van der Waals surface area (Å²) in [7, 11) is 2.17. The molecule has 8 nitrogen and oxygen atoms in total. The van der Waals surface area contributed by atoms with Gasteiger partial charge in [0.2, 0.25) is 0 Å². The van der Waals surface area contributed by atoms with Crippen LogP contribution in [0.25, 0.3) is 33.9 Å². The van der Waals surface area contributed by atoms with Crippen LogP contribution in [0, 0.1) is 0 Å². The van der Waals surface area contributed by atoms with Crippen LogP contribution in [0.1, 0.15) is 5.56 Å². The fourth-order valence-electron chi connectivity index (χ4n) is 4.82. The Kier molecular flexibility index (Phi) is 7.32. The normalized spacial score (nSPS) is 13.8. The quantitative estimate of drug-likeness (QED) is 0.292. The summed E-state index contributed by atoms with van der Waals surface area (Å²) in [6.07, 6.45) is 5.45. The molecule has 8 heteroatoms. The molecule has 1 saturated heterocycles. The maximum absolute atomic E-state index is 9.83. The third-order valence-corrected chi connectivity index (χ3v) is 7.11. The predicted molar refractivity (Wildman–Crippen MR) is 159 cm³/mol. The van der Waals surface area contributed by atoms with Crippen molar-refractivity contribution < 1.29 is 5.11 Å². The lowest BCUT2D eigenvalue weighted by molar-refractivity contribution is 0.313. The van der Waals surface area contributed by atoms with Crippen molar-refractivity contribution in [2.24, 2.45) is 0 Å². The van der Waals surface area contributed by atoms with Gasteiger partial charge in [0.1, 0.15) is 17.3 Å². The summed E-state index contributed by atoms with van der Waals surface area (Å²) in [6.45, 7) is 4.75. The molecule has 2 aromatic carbocycles. The lowest BCUT2D eigenvalue weighted by Gasteiger charge is -2.34. The summed E-state index contributed by atoms with van der Waals surface area (Å²) >= 11 is 0. The molecule has 3 aromatic heterocycles. The Hall–Kier alpha value is -4.82. The van der Waals surface area contributed by atoms with Crippen molar-refractivity contribution >= 4 is 11.5 Å². The minimum absolute atomic E-state index is 0.233. The largest absolute Gasteiger partial charge is 0.508 e. The second-order valence-corrected chi connectivity index (χ2v) is 10.00. The molecule has 1 aliphatic rings. The Balaban J connectivity index is 1.29. The monoisotopic (exact) mass is 529 g/mol. The molecule has 0 bridgehead atoms. The molecule has 5 aromatic rings. The van der Waals surface area contributed by atoms with Crippen LogP contribution in [-0.4, -0.2) is 63.2 Å². The fourth-order valence-corrected chi connectivity index (χ4v) is 4.82. The first-order valence-electron chi connectivity index (χ1n) is 13.4. The van der Waals surface area contributed by atoms with E-state index in [1.165, 1.54) is 5.69 Å². The molecule has 0 unspecified atom stereocenters. The van der Waals surface area contributed by atoms with Gasteiger partial charge < -0.3 is 20.2 Å². The van der Waals surface area contributed by atoms with E-state index in [0.717, 1.165) is 54.1 Å². The Morgan fingerprint density at radius 3 is 2.38 bits per heavy atom. The van der Waals surface area contributed by atoms with Gasteiger partial charge in [0.25, 0.3) is 0 Å². The number of rotatable bonds is 7. The highest BCUT2D eigenvalue weighted by atomic mass is 16.3. The Bertz CT molecular complexity index is 1580. The summed E-state index contributed by atoms with van der Waals surface area (Å²) in [5.41, 5.74) is 6.65. The van der Waals surface area contributed by atoms with Gasteiger partial charge in [-0.3, -0.25) is 9.97 Å². The average molecular weight is 530 g/mol. The summed E-state index contributed by atoms with van der Waals surface area (Å²) < 4.78 is 0. The first-order chi connectivity index (χ1) is 19.6. The third kappa shape index (κ3) is 5.92. The van der Waals surface area contributed by atoms with Gasteiger partial charge in [-0.25, -0.2) is 9.97 Å². The van der Waals surface area contributed by atoms with E-state index in [-0.39, 0.29) is 5.75 Å². The number of hydrogen-bond donors (Lipinski definition) is 2. The van der Waals surface area contributed by atoms with Crippen molar-refractivity contribution in [3.8, 4) is 39.7 Å². The number of hydrogen-bond acceptors (Lipinski definition) is 8. The van der Waals surface area contributed by atoms with E-state index in [0.29, 0.717) is 23.9 Å². The van der Waals surface area contributed by atoms with Crippen LogP contribution in [0.5, 0.6) is 5.75 Å². The Morgan fingerprint density at radius 1 is 0.775 bits per heavy atom. The number of phenols is 1. The maximum atomic E-state index is 9.83. The molecule has 6 rings (SSSR count). The highest BCUT2D eigenvalue weighted by Crippen LogP contribution is 2.29. The predicted octanol–water partition coefficient (Wildman–Crippen LogP) is 5.34. The average Bonchev–Trinajstić information content (AvgIpc) is 3.01. The van der Waals surface area contributed by atoms with Crippen molar-refractivity contribution in [1.82, 2.24) is 24.8 Å². The van der Waals surface area contributed by atoms with E-state index in [9.17, 15) is 5.11 Å². The second-order valence-electron chi connectivity index (χ2n) is 10.00. The van der Waals surface area contributed by atoms with Gasteiger partial charge in [0, 0.05) is 74.2 Å². The van der Waals surface area contributed by atoms with Gasteiger partial charge in [-0.05, 0) is 60.6 Å². The van der Waals surface area contributed by atoms with Crippen LogP contribution >= 0.6 is 0 Å².